The largest absolute Gasteiger partial charge is 0.342 e. The second-order valence-electron chi connectivity index (χ2n) is 10.4. The van der Waals surface area contributed by atoms with Gasteiger partial charge in [0.1, 0.15) is 6.29 Å². The first kappa shape index (κ1) is 22.3. The van der Waals surface area contributed by atoms with E-state index in [1.807, 2.05) is 32.6 Å². The number of nitrogens with zero attached hydrogens (tertiary/aromatic N) is 1. The second-order valence-corrected chi connectivity index (χ2v) is 10.4. The molecule has 4 rings (SSSR count). The summed E-state index contributed by atoms with van der Waals surface area (Å²) in [6.07, 6.45) is 7.68. The molecule has 1 heterocycles. The van der Waals surface area contributed by atoms with Crippen LogP contribution in [0.5, 0.6) is 0 Å². The van der Waals surface area contributed by atoms with Crippen LogP contribution in [0.1, 0.15) is 69.2 Å². The maximum atomic E-state index is 13.3. The molecule has 0 spiro atoms. The molecular weight excluding hydrogens is 394 g/mol. The molecule has 0 unspecified atom stereocenters. The molecule has 3 heteroatoms. The number of amides is 1. The molecule has 1 aliphatic heterocycles. The van der Waals surface area contributed by atoms with Crippen LogP contribution in [0.2, 0.25) is 0 Å². The molecule has 0 bridgehead atoms. The highest BCUT2D eigenvalue weighted by Gasteiger charge is 2.38. The number of rotatable bonds is 4. The number of carbonyl (C=O) groups excluding carboxylic acids is 2. The highest BCUT2D eigenvalue weighted by Crippen LogP contribution is 2.40. The van der Waals surface area contributed by atoms with Crippen LogP contribution in [0.25, 0.3) is 17.7 Å². The number of hydrogen-bond donors (Lipinski definition) is 0. The minimum atomic E-state index is -0.555. The average molecular weight is 428 g/mol. The zero-order valence-corrected chi connectivity index (χ0v) is 19.7. The molecule has 0 radical (unpaired) electrons. The van der Waals surface area contributed by atoms with Gasteiger partial charge in [-0.2, -0.15) is 0 Å². The van der Waals surface area contributed by atoms with Crippen LogP contribution in [-0.4, -0.2) is 30.2 Å². The van der Waals surface area contributed by atoms with E-state index in [1.54, 1.807) is 0 Å². The Labute approximate surface area is 191 Å². The third kappa shape index (κ3) is 4.34. The van der Waals surface area contributed by atoms with Gasteiger partial charge in [0.05, 0.1) is 0 Å². The molecule has 3 nitrogen and oxygen atoms in total. The van der Waals surface area contributed by atoms with Gasteiger partial charge in [0.15, 0.2) is 0 Å². The Bertz CT molecular complexity index is 1040. The number of fused-ring (bicyclic) bond motifs is 2. The Morgan fingerprint density at radius 2 is 1.38 bits per heavy atom. The fraction of sp³-hybridized carbons (Fsp3) is 0.379. The predicted octanol–water partition coefficient (Wildman–Crippen LogP) is 6.24. The monoisotopic (exact) mass is 427 g/mol. The first-order chi connectivity index (χ1) is 15.2. The number of carbonyl (C=O) groups is 2. The zero-order valence-electron chi connectivity index (χ0n) is 19.7. The Morgan fingerprint density at radius 1 is 0.875 bits per heavy atom. The lowest BCUT2D eigenvalue weighted by Crippen LogP contribution is -2.45. The lowest BCUT2D eigenvalue weighted by Gasteiger charge is -2.38. The Morgan fingerprint density at radius 3 is 1.88 bits per heavy atom. The van der Waals surface area contributed by atoms with Gasteiger partial charge < -0.3 is 9.69 Å². The minimum absolute atomic E-state index is 0.153. The van der Waals surface area contributed by atoms with E-state index >= 15 is 0 Å². The molecule has 166 valence electrons. The van der Waals surface area contributed by atoms with E-state index in [1.165, 1.54) is 33.4 Å². The highest BCUT2D eigenvalue weighted by atomic mass is 16.2. The summed E-state index contributed by atoms with van der Waals surface area (Å²) in [5.41, 5.74) is 6.72. The summed E-state index contributed by atoms with van der Waals surface area (Å²) in [5, 5.41) is 0. The molecule has 0 saturated carbocycles. The van der Waals surface area contributed by atoms with Crippen molar-refractivity contribution in [3.8, 4) is 0 Å². The first-order valence-corrected chi connectivity index (χ1v) is 11.6. The van der Waals surface area contributed by atoms with Crippen LogP contribution < -0.4 is 0 Å². The van der Waals surface area contributed by atoms with Crippen molar-refractivity contribution in [2.75, 3.05) is 13.1 Å². The third-order valence-corrected chi connectivity index (χ3v) is 6.71. The number of aldehydes is 1. The van der Waals surface area contributed by atoms with E-state index in [0.717, 1.165) is 32.2 Å². The zero-order chi connectivity index (χ0) is 22.9. The van der Waals surface area contributed by atoms with E-state index in [-0.39, 0.29) is 5.91 Å². The van der Waals surface area contributed by atoms with Gasteiger partial charge in [-0.15, -0.1) is 0 Å². The molecule has 2 aliphatic rings. The summed E-state index contributed by atoms with van der Waals surface area (Å²) in [7, 11) is 0. The van der Waals surface area contributed by atoms with E-state index in [4.69, 9.17) is 0 Å². The molecule has 1 fully saturated rings. The summed E-state index contributed by atoms with van der Waals surface area (Å²) in [6.45, 7) is 9.20. The van der Waals surface area contributed by atoms with Crippen LogP contribution in [0.3, 0.4) is 0 Å². The molecule has 0 N–H and O–H groups in total. The molecule has 2 aromatic carbocycles. The molecule has 0 aromatic heterocycles. The van der Waals surface area contributed by atoms with Crippen LogP contribution >= 0.6 is 0 Å². The Hall–Kier alpha value is -2.94. The van der Waals surface area contributed by atoms with E-state index in [2.05, 4.69) is 60.7 Å². The fourth-order valence-electron chi connectivity index (χ4n) is 5.36. The quantitative estimate of drug-likeness (QED) is 0.463. The number of piperidine rings is 1. The minimum Gasteiger partial charge on any atom is -0.342 e. The van der Waals surface area contributed by atoms with Gasteiger partial charge in [0.2, 0.25) is 5.91 Å². The molecule has 1 aliphatic carbocycles. The predicted molar refractivity (Wildman–Crippen MR) is 132 cm³/mol. The van der Waals surface area contributed by atoms with Crippen molar-refractivity contribution in [3.63, 3.8) is 0 Å². The first-order valence-electron chi connectivity index (χ1n) is 11.6. The number of benzene rings is 2. The second kappa shape index (κ2) is 8.54. The lowest BCUT2D eigenvalue weighted by atomic mass is 9.75. The molecule has 2 aromatic rings. The Balaban J connectivity index is 1.63. The van der Waals surface area contributed by atoms with Crippen LogP contribution in [-0.2, 0) is 9.59 Å². The van der Waals surface area contributed by atoms with Gasteiger partial charge in [0, 0.05) is 23.9 Å². The average Bonchev–Trinajstić information content (AvgIpc) is 2.95. The smallest absolute Gasteiger partial charge is 0.228 e. The standard InChI is InChI=1S/C29H33NO2/c1-28(2,20-31)19-29(3,4)27(32)30-17-15-23(16-18-30)26-24-11-7-5-9-21(24)13-14-22-10-6-8-12-25(22)26/h5-14,20H,15-19H2,1-4H3. The van der Waals surface area contributed by atoms with Crippen molar-refractivity contribution in [3.05, 3.63) is 76.4 Å². The van der Waals surface area contributed by atoms with Gasteiger partial charge in [0.25, 0.3) is 0 Å². The van der Waals surface area contributed by atoms with Crippen LogP contribution in [0.15, 0.2) is 54.1 Å². The summed E-state index contributed by atoms with van der Waals surface area (Å²) in [6, 6.07) is 17.2. The topological polar surface area (TPSA) is 37.4 Å². The highest BCUT2D eigenvalue weighted by molar-refractivity contribution is 5.95. The van der Waals surface area contributed by atoms with Crippen molar-refractivity contribution in [2.24, 2.45) is 10.8 Å². The summed E-state index contributed by atoms with van der Waals surface area (Å²) < 4.78 is 0. The molecule has 0 atom stereocenters. The summed E-state index contributed by atoms with van der Waals surface area (Å²) >= 11 is 0. The fourth-order valence-corrected chi connectivity index (χ4v) is 5.36. The van der Waals surface area contributed by atoms with Crippen molar-refractivity contribution in [1.29, 1.82) is 0 Å². The molecule has 1 saturated heterocycles. The lowest BCUT2D eigenvalue weighted by molar-refractivity contribution is -0.143. The van der Waals surface area contributed by atoms with Crippen molar-refractivity contribution in [1.82, 2.24) is 4.90 Å². The van der Waals surface area contributed by atoms with E-state index in [0.29, 0.717) is 6.42 Å². The van der Waals surface area contributed by atoms with Gasteiger partial charge in [-0.1, -0.05) is 94.0 Å². The van der Waals surface area contributed by atoms with Gasteiger partial charge >= 0.3 is 0 Å². The van der Waals surface area contributed by atoms with Crippen molar-refractivity contribution in [2.45, 2.75) is 47.0 Å². The van der Waals surface area contributed by atoms with Crippen molar-refractivity contribution < 1.29 is 9.59 Å². The Kier molecular flexibility index (Phi) is 5.94. The van der Waals surface area contributed by atoms with Gasteiger partial charge in [-0.25, -0.2) is 0 Å². The van der Waals surface area contributed by atoms with Crippen LogP contribution in [0, 0.1) is 10.8 Å². The van der Waals surface area contributed by atoms with Crippen molar-refractivity contribution >= 4 is 29.9 Å². The number of hydrogen-bond acceptors (Lipinski definition) is 2. The number of likely N-dealkylation sites (tertiary alicyclic amines) is 1. The van der Waals surface area contributed by atoms with Crippen LogP contribution in [0.4, 0.5) is 0 Å². The SMILES string of the molecule is CC(C)(C=O)CC(C)(C)C(=O)N1CCC(=C2c3ccccc3C=Cc3ccccc32)CC1. The maximum Gasteiger partial charge on any atom is 0.228 e. The summed E-state index contributed by atoms with van der Waals surface area (Å²) in [4.78, 5) is 26.7. The maximum absolute atomic E-state index is 13.3. The normalized spacial score (nSPS) is 16.3. The van der Waals surface area contributed by atoms with E-state index < -0.39 is 10.8 Å². The molecule has 1 amide bonds. The third-order valence-electron chi connectivity index (χ3n) is 6.71. The van der Waals surface area contributed by atoms with Gasteiger partial charge in [-0.3, -0.25) is 4.79 Å². The molecular formula is C29H33NO2. The summed E-state index contributed by atoms with van der Waals surface area (Å²) in [5.74, 6) is 0.153. The van der Waals surface area contributed by atoms with E-state index in [9.17, 15) is 9.59 Å². The molecule has 32 heavy (non-hydrogen) atoms. The van der Waals surface area contributed by atoms with Gasteiger partial charge in [-0.05, 0) is 47.1 Å².